The maximum absolute atomic E-state index is 12.3. The zero-order valence-corrected chi connectivity index (χ0v) is 16.0. The van der Waals surface area contributed by atoms with E-state index in [1.54, 1.807) is 12.1 Å². The SMILES string of the molecule is CCCSc1nc(N)c2[nH]c(=O)n(Cc3ccc(S(C)(=O)=O)cc3)c2n1. The largest absolute Gasteiger partial charge is 0.382 e. The Balaban J connectivity index is 2.00. The van der Waals surface area contributed by atoms with Crippen LogP contribution >= 0.6 is 11.8 Å². The molecule has 0 aliphatic heterocycles. The second-order valence-electron chi connectivity index (χ2n) is 5.87. The number of fused-ring (bicyclic) bond motifs is 1. The van der Waals surface area contributed by atoms with Crippen LogP contribution in [-0.2, 0) is 16.4 Å². The van der Waals surface area contributed by atoms with Gasteiger partial charge in [0.15, 0.2) is 26.5 Å². The molecule has 0 atom stereocenters. The van der Waals surface area contributed by atoms with Crippen molar-refractivity contribution in [1.29, 1.82) is 0 Å². The molecule has 0 aliphatic rings. The van der Waals surface area contributed by atoms with Crippen LogP contribution in [0.25, 0.3) is 11.2 Å². The van der Waals surface area contributed by atoms with Crippen molar-refractivity contribution in [3.8, 4) is 0 Å². The number of H-pyrrole nitrogens is 1. The molecule has 26 heavy (non-hydrogen) atoms. The van der Waals surface area contributed by atoms with E-state index in [4.69, 9.17) is 5.73 Å². The van der Waals surface area contributed by atoms with Crippen LogP contribution in [0.2, 0.25) is 0 Å². The highest BCUT2D eigenvalue weighted by Crippen LogP contribution is 2.21. The first-order valence-electron chi connectivity index (χ1n) is 7.97. The molecule has 2 aromatic heterocycles. The number of nitrogens with zero attached hydrogens (tertiary/aromatic N) is 3. The Morgan fingerprint density at radius 2 is 1.92 bits per heavy atom. The Labute approximate surface area is 154 Å². The zero-order valence-electron chi connectivity index (χ0n) is 14.4. The average Bonchev–Trinajstić information content (AvgIpc) is 2.89. The molecule has 3 rings (SSSR count). The molecule has 0 saturated heterocycles. The number of anilines is 1. The van der Waals surface area contributed by atoms with Crippen LogP contribution in [-0.4, -0.2) is 39.9 Å². The summed E-state index contributed by atoms with van der Waals surface area (Å²) >= 11 is 1.48. The van der Waals surface area contributed by atoms with Crippen molar-refractivity contribution in [2.24, 2.45) is 0 Å². The summed E-state index contributed by atoms with van der Waals surface area (Å²) in [5.74, 6) is 1.09. The minimum absolute atomic E-state index is 0.233. The van der Waals surface area contributed by atoms with E-state index in [2.05, 4.69) is 21.9 Å². The third-order valence-corrected chi connectivity index (χ3v) is 5.94. The molecular formula is C16H19N5O3S2. The van der Waals surface area contributed by atoms with E-state index in [1.807, 2.05) is 0 Å². The molecule has 0 bridgehead atoms. The van der Waals surface area contributed by atoms with Gasteiger partial charge in [-0.2, -0.15) is 0 Å². The van der Waals surface area contributed by atoms with Crippen molar-refractivity contribution in [2.75, 3.05) is 17.7 Å². The van der Waals surface area contributed by atoms with Crippen molar-refractivity contribution < 1.29 is 8.42 Å². The third kappa shape index (κ3) is 3.75. The van der Waals surface area contributed by atoms with Crippen LogP contribution in [0, 0.1) is 0 Å². The van der Waals surface area contributed by atoms with Gasteiger partial charge in [-0.3, -0.25) is 4.57 Å². The van der Waals surface area contributed by atoms with Crippen LogP contribution in [0.5, 0.6) is 0 Å². The lowest BCUT2D eigenvalue weighted by Gasteiger charge is -2.06. The van der Waals surface area contributed by atoms with Gasteiger partial charge in [-0.25, -0.2) is 23.2 Å². The summed E-state index contributed by atoms with van der Waals surface area (Å²) in [6.07, 6.45) is 2.12. The number of thioether (sulfide) groups is 1. The molecule has 0 saturated carbocycles. The van der Waals surface area contributed by atoms with Gasteiger partial charge in [0.1, 0.15) is 5.52 Å². The highest BCUT2D eigenvalue weighted by molar-refractivity contribution is 7.99. The number of nitrogen functional groups attached to an aromatic ring is 1. The Hall–Kier alpha value is -2.33. The maximum atomic E-state index is 12.3. The van der Waals surface area contributed by atoms with Gasteiger partial charge in [-0.1, -0.05) is 30.8 Å². The van der Waals surface area contributed by atoms with Crippen LogP contribution < -0.4 is 11.4 Å². The molecule has 0 amide bonds. The molecule has 0 radical (unpaired) electrons. The number of hydrogen-bond acceptors (Lipinski definition) is 7. The van der Waals surface area contributed by atoms with Crippen LogP contribution in [0.3, 0.4) is 0 Å². The molecule has 10 heteroatoms. The van der Waals surface area contributed by atoms with Crippen molar-refractivity contribution in [1.82, 2.24) is 19.5 Å². The first kappa shape index (κ1) is 18.5. The molecule has 1 aromatic carbocycles. The van der Waals surface area contributed by atoms with Gasteiger partial charge >= 0.3 is 5.69 Å². The Bertz CT molecular complexity index is 1100. The highest BCUT2D eigenvalue weighted by Gasteiger charge is 2.15. The fourth-order valence-corrected chi connectivity index (χ4v) is 3.79. The molecule has 0 unspecified atom stereocenters. The Morgan fingerprint density at radius 3 is 2.54 bits per heavy atom. The lowest BCUT2D eigenvalue weighted by Crippen LogP contribution is -2.17. The first-order chi connectivity index (χ1) is 12.3. The number of rotatable bonds is 6. The lowest BCUT2D eigenvalue weighted by atomic mass is 10.2. The summed E-state index contributed by atoms with van der Waals surface area (Å²) in [6, 6.07) is 6.41. The number of benzene rings is 1. The predicted octanol–water partition coefficient (Wildman–Crippen LogP) is 1.66. The van der Waals surface area contributed by atoms with E-state index in [0.717, 1.165) is 24.0 Å². The quantitative estimate of drug-likeness (QED) is 0.482. The molecule has 0 fully saturated rings. The van der Waals surface area contributed by atoms with Crippen LogP contribution in [0.15, 0.2) is 39.1 Å². The smallest absolute Gasteiger partial charge is 0.328 e. The minimum atomic E-state index is -3.26. The average molecular weight is 393 g/mol. The van der Waals surface area contributed by atoms with E-state index >= 15 is 0 Å². The molecule has 138 valence electrons. The van der Waals surface area contributed by atoms with Crippen molar-refractivity contribution >= 4 is 38.6 Å². The molecular weight excluding hydrogens is 374 g/mol. The standard InChI is InChI=1S/C16H19N5O3S2/c1-3-8-25-15-19-13(17)12-14(20-15)21(16(22)18-12)9-10-4-6-11(7-5-10)26(2,23)24/h4-7H,3,8-9H2,1-2H3,(H,18,22)(H2,17,19,20). The maximum Gasteiger partial charge on any atom is 0.328 e. The molecule has 3 aromatic rings. The van der Waals surface area contributed by atoms with Gasteiger partial charge in [-0.05, 0) is 24.1 Å². The number of aromatic amines is 1. The summed E-state index contributed by atoms with van der Waals surface area (Å²) in [4.78, 5) is 23.9. The molecule has 0 spiro atoms. The number of hydrogen-bond donors (Lipinski definition) is 2. The third-order valence-electron chi connectivity index (χ3n) is 3.76. The summed E-state index contributed by atoms with van der Waals surface area (Å²) in [5.41, 5.74) is 7.24. The molecule has 8 nitrogen and oxygen atoms in total. The second-order valence-corrected chi connectivity index (χ2v) is 8.95. The van der Waals surface area contributed by atoms with Crippen LogP contribution in [0.1, 0.15) is 18.9 Å². The number of nitrogens with two attached hydrogens (primary N) is 1. The van der Waals surface area contributed by atoms with Gasteiger partial charge in [0.25, 0.3) is 0 Å². The van der Waals surface area contributed by atoms with E-state index in [-0.39, 0.29) is 22.9 Å². The van der Waals surface area contributed by atoms with Crippen molar-refractivity contribution in [3.05, 3.63) is 40.3 Å². The van der Waals surface area contributed by atoms with Gasteiger partial charge < -0.3 is 10.7 Å². The first-order valence-corrected chi connectivity index (χ1v) is 10.8. The van der Waals surface area contributed by atoms with E-state index in [9.17, 15) is 13.2 Å². The van der Waals surface area contributed by atoms with Crippen molar-refractivity contribution in [3.63, 3.8) is 0 Å². The normalized spacial score (nSPS) is 11.9. The van der Waals surface area contributed by atoms with Gasteiger partial charge in [0.2, 0.25) is 0 Å². The topological polar surface area (TPSA) is 124 Å². The van der Waals surface area contributed by atoms with Gasteiger partial charge in [0, 0.05) is 12.0 Å². The van der Waals surface area contributed by atoms with Crippen LogP contribution in [0.4, 0.5) is 5.82 Å². The van der Waals surface area contributed by atoms with E-state index < -0.39 is 9.84 Å². The van der Waals surface area contributed by atoms with E-state index in [0.29, 0.717) is 16.3 Å². The number of sulfone groups is 1. The number of imidazole rings is 1. The Morgan fingerprint density at radius 1 is 1.23 bits per heavy atom. The fraction of sp³-hybridized carbons (Fsp3) is 0.312. The zero-order chi connectivity index (χ0) is 18.9. The Kier molecular flexibility index (Phi) is 5.05. The fourth-order valence-electron chi connectivity index (χ4n) is 2.46. The van der Waals surface area contributed by atoms with Crippen molar-refractivity contribution in [2.45, 2.75) is 29.9 Å². The van der Waals surface area contributed by atoms with E-state index in [1.165, 1.54) is 28.5 Å². The molecule has 0 aliphatic carbocycles. The summed E-state index contributed by atoms with van der Waals surface area (Å²) in [7, 11) is -3.26. The summed E-state index contributed by atoms with van der Waals surface area (Å²) in [6.45, 7) is 2.30. The minimum Gasteiger partial charge on any atom is -0.382 e. The monoisotopic (exact) mass is 393 g/mol. The summed E-state index contributed by atoms with van der Waals surface area (Å²) in [5, 5.41) is 0.525. The highest BCUT2D eigenvalue weighted by atomic mass is 32.2. The molecule has 2 heterocycles. The van der Waals surface area contributed by atoms with Gasteiger partial charge in [0.05, 0.1) is 11.4 Å². The van der Waals surface area contributed by atoms with Gasteiger partial charge in [-0.15, -0.1) is 0 Å². The predicted molar refractivity (Wildman–Crippen MR) is 102 cm³/mol. The second kappa shape index (κ2) is 7.12. The number of nitrogens with one attached hydrogen (secondary N) is 1. The number of aromatic nitrogens is 4. The summed E-state index contributed by atoms with van der Waals surface area (Å²) < 4.78 is 24.6. The molecule has 3 N–H and O–H groups in total. The lowest BCUT2D eigenvalue weighted by molar-refractivity contribution is 0.602.